The van der Waals surface area contributed by atoms with Crippen molar-refractivity contribution >= 4 is 22.0 Å². The fourth-order valence-electron chi connectivity index (χ4n) is 1.12. The van der Waals surface area contributed by atoms with Crippen LogP contribution in [0.4, 0.5) is 0 Å². The Morgan fingerprint density at radius 1 is 1.27 bits per heavy atom. The minimum atomic E-state index is 0.673. The van der Waals surface area contributed by atoms with Gasteiger partial charge in [0.15, 0.2) is 0 Å². The zero-order valence-electron chi connectivity index (χ0n) is 8.45. The van der Waals surface area contributed by atoms with Crippen molar-refractivity contribution in [3.05, 3.63) is 28.2 Å². The molecule has 0 aromatic heterocycles. The summed E-state index contributed by atoms with van der Waals surface area (Å²) >= 11 is 3.36. The predicted octanol–water partition coefficient (Wildman–Crippen LogP) is 3.00. The van der Waals surface area contributed by atoms with Gasteiger partial charge in [0.1, 0.15) is 16.0 Å². The molecule has 78 valence electrons. The second-order valence-electron chi connectivity index (χ2n) is 2.70. The van der Waals surface area contributed by atoms with Crippen molar-refractivity contribution in [1.29, 1.82) is 5.26 Å². The maximum Gasteiger partial charge on any atom is 0.137 e. The molecular formula is C11H10BrNO2. The van der Waals surface area contributed by atoms with E-state index < -0.39 is 0 Å². The molecule has 3 nitrogen and oxygen atoms in total. The fraction of sp³-hybridized carbons (Fsp3) is 0.182. The molecule has 0 aliphatic heterocycles. The van der Waals surface area contributed by atoms with Crippen LogP contribution in [0.1, 0.15) is 5.56 Å². The summed E-state index contributed by atoms with van der Waals surface area (Å²) in [6, 6.07) is 5.57. The molecule has 0 radical (unpaired) electrons. The minimum Gasteiger partial charge on any atom is -0.495 e. The Labute approximate surface area is 97.1 Å². The van der Waals surface area contributed by atoms with Crippen LogP contribution in [0.3, 0.4) is 0 Å². The van der Waals surface area contributed by atoms with E-state index in [1.165, 1.54) is 6.08 Å². The summed E-state index contributed by atoms with van der Waals surface area (Å²) < 4.78 is 11.1. The number of nitrogens with zero attached hydrogens (tertiary/aromatic N) is 1. The van der Waals surface area contributed by atoms with Gasteiger partial charge in [-0.25, -0.2) is 0 Å². The quantitative estimate of drug-likeness (QED) is 0.791. The van der Waals surface area contributed by atoms with Gasteiger partial charge in [0.25, 0.3) is 0 Å². The van der Waals surface area contributed by atoms with E-state index in [4.69, 9.17) is 14.7 Å². The first-order chi connectivity index (χ1) is 7.22. The monoisotopic (exact) mass is 267 g/mol. The van der Waals surface area contributed by atoms with Crippen LogP contribution in [-0.2, 0) is 0 Å². The van der Waals surface area contributed by atoms with E-state index in [2.05, 4.69) is 15.9 Å². The lowest BCUT2D eigenvalue weighted by molar-refractivity contribution is 0.389. The smallest absolute Gasteiger partial charge is 0.137 e. The molecule has 1 aromatic carbocycles. The number of benzene rings is 1. The Morgan fingerprint density at radius 2 is 1.80 bits per heavy atom. The molecular weight excluding hydrogens is 258 g/mol. The summed E-state index contributed by atoms with van der Waals surface area (Å²) in [5.74, 6) is 1.35. The van der Waals surface area contributed by atoms with Crippen molar-refractivity contribution in [2.24, 2.45) is 0 Å². The van der Waals surface area contributed by atoms with Gasteiger partial charge in [0.2, 0.25) is 0 Å². The molecule has 0 aliphatic rings. The van der Waals surface area contributed by atoms with Gasteiger partial charge in [-0.2, -0.15) is 5.26 Å². The standard InChI is InChI=1S/C11H10BrNO2/c1-14-9-6-8(4-3-5-13)7-10(15-2)11(9)12/h3-4,6-7H,1-2H3. The minimum absolute atomic E-state index is 0.673. The average Bonchev–Trinajstić information content (AvgIpc) is 2.27. The molecule has 0 N–H and O–H groups in total. The Hall–Kier alpha value is -1.47. The average molecular weight is 268 g/mol. The lowest BCUT2D eigenvalue weighted by Gasteiger charge is -2.09. The van der Waals surface area contributed by atoms with Crippen LogP contribution >= 0.6 is 15.9 Å². The summed E-state index contributed by atoms with van der Waals surface area (Å²) in [5, 5.41) is 8.43. The Bertz CT molecular complexity index is 396. The van der Waals surface area contributed by atoms with Gasteiger partial charge in [0, 0.05) is 6.08 Å². The SMILES string of the molecule is COc1cc(C=CC#N)cc(OC)c1Br. The van der Waals surface area contributed by atoms with Crippen molar-refractivity contribution in [3.8, 4) is 17.6 Å². The van der Waals surface area contributed by atoms with E-state index in [9.17, 15) is 0 Å². The van der Waals surface area contributed by atoms with Gasteiger partial charge in [-0.15, -0.1) is 0 Å². The zero-order valence-corrected chi connectivity index (χ0v) is 10.0. The Balaban J connectivity index is 3.21. The number of hydrogen-bond donors (Lipinski definition) is 0. The van der Waals surface area contributed by atoms with Crippen LogP contribution < -0.4 is 9.47 Å². The summed E-state index contributed by atoms with van der Waals surface area (Å²) in [6.07, 6.45) is 3.10. The van der Waals surface area contributed by atoms with Crippen molar-refractivity contribution in [3.63, 3.8) is 0 Å². The third-order valence-electron chi connectivity index (χ3n) is 1.82. The third-order valence-corrected chi connectivity index (χ3v) is 2.60. The molecule has 4 heteroatoms. The largest absolute Gasteiger partial charge is 0.495 e. The molecule has 0 atom stereocenters. The molecule has 0 aliphatic carbocycles. The van der Waals surface area contributed by atoms with Gasteiger partial charge >= 0.3 is 0 Å². The van der Waals surface area contributed by atoms with Crippen LogP contribution in [0, 0.1) is 11.3 Å². The van der Waals surface area contributed by atoms with E-state index >= 15 is 0 Å². The first-order valence-electron chi connectivity index (χ1n) is 4.20. The third kappa shape index (κ3) is 2.74. The van der Waals surface area contributed by atoms with E-state index in [-0.39, 0.29) is 0 Å². The molecule has 0 fully saturated rings. The van der Waals surface area contributed by atoms with E-state index in [1.807, 2.05) is 18.2 Å². The number of nitriles is 1. The highest BCUT2D eigenvalue weighted by atomic mass is 79.9. The summed E-state index contributed by atoms with van der Waals surface area (Å²) in [7, 11) is 3.16. The molecule has 1 rings (SSSR count). The Morgan fingerprint density at radius 3 is 2.20 bits per heavy atom. The van der Waals surface area contributed by atoms with Crippen LogP contribution in [0.25, 0.3) is 6.08 Å². The van der Waals surface area contributed by atoms with Gasteiger partial charge in [0.05, 0.1) is 20.3 Å². The summed E-state index contributed by atoms with van der Waals surface area (Å²) in [6.45, 7) is 0. The maximum atomic E-state index is 8.43. The summed E-state index contributed by atoms with van der Waals surface area (Å²) in [5.41, 5.74) is 0.855. The molecule has 0 spiro atoms. The van der Waals surface area contributed by atoms with Gasteiger partial charge in [-0.3, -0.25) is 0 Å². The molecule has 0 amide bonds. The van der Waals surface area contributed by atoms with Gasteiger partial charge in [-0.05, 0) is 39.7 Å². The number of hydrogen-bond acceptors (Lipinski definition) is 3. The highest BCUT2D eigenvalue weighted by Gasteiger charge is 2.08. The second kappa shape index (κ2) is 5.42. The lowest BCUT2D eigenvalue weighted by atomic mass is 10.2. The van der Waals surface area contributed by atoms with E-state index in [0.29, 0.717) is 11.5 Å². The van der Waals surface area contributed by atoms with Crippen LogP contribution in [0.2, 0.25) is 0 Å². The molecule has 0 saturated carbocycles. The van der Waals surface area contributed by atoms with Crippen molar-refractivity contribution in [2.75, 3.05) is 14.2 Å². The number of allylic oxidation sites excluding steroid dienone is 1. The molecule has 15 heavy (non-hydrogen) atoms. The molecule has 0 saturated heterocycles. The molecule has 0 bridgehead atoms. The van der Waals surface area contributed by atoms with Crippen molar-refractivity contribution < 1.29 is 9.47 Å². The first kappa shape index (κ1) is 11.6. The normalized spacial score (nSPS) is 10.0. The topological polar surface area (TPSA) is 42.2 Å². The Kier molecular flexibility index (Phi) is 4.19. The summed E-state index contributed by atoms with van der Waals surface area (Å²) in [4.78, 5) is 0. The number of halogens is 1. The van der Waals surface area contributed by atoms with Gasteiger partial charge in [-0.1, -0.05) is 0 Å². The molecule has 1 aromatic rings. The van der Waals surface area contributed by atoms with E-state index in [1.54, 1.807) is 20.3 Å². The predicted molar refractivity (Wildman–Crippen MR) is 61.9 cm³/mol. The highest BCUT2D eigenvalue weighted by Crippen LogP contribution is 2.35. The second-order valence-corrected chi connectivity index (χ2v) is 3.49. The number of methoxy groups -OCH3 is 2. The van der Waals surface area contributed by atoms with Crippen molar-refractivity contribution in [1.82, 2.24) is 0 Å². The van der Waals surface area contributed by atoms with E-state index in [0.717, 1.165) is 10.0 Å². The molecule has 0 unspecified atom stereocenters. The van der Waals surface area contributed by atoms with Crippen LogP contribution in [-0.4, -0.2) is 14.2 Å². The van der Waals surface area contributed by atoms with Gasteiger partial charge < -0.3 is 9.47 Å². The zero-order chi connectivity index (χ0) is 11.3. The fourth-order valence-corrected chi connectivity index (χ4v) is 1.67. The first-order valence-corrected chi connectivity index (χ1v) is 5.00. The number of rotatable bonds is 3. The van der Waals surface area contributed by atoms with Crippen molar-refractivity contribution in [2.45, 2.75) is 0 Å². The maximum absolute atomic E-state index is 8.43. The molecule has 0 heterocycles. The van der Waals surface area contributed by atoms with Crippen LogP contribution in [0.15, 0.2) is 22.7 Å². The number of ether oxygens (including phenoxy) is 2. The highest BCUT2D eigenvalue weighted by molar-refractivity contribution is 9.10. The van der Waals surface area contributed by atoms with Crippen LogP contribution in [0.5, 0.6) is 11.5 Å². The lowest BCUT2D eigenvalue weighted by Crippen LogP contribution is -1.90.